The van der Waals surface area contributed by atoms with Crippen molar-refractivity contribution >= 4 is 40.1 Å². The standard InChI is InChI=1S/C13H14Cl2N2O2/c1-2-19-13(18)10-7-8-3-4-9(14)11(15)12(8)17(10)6-5-16/h3-4,7H,2,5-6,16H2,1H3. The van der Waals surface area contributed by atoms with E-state index in [4.69, 9.17) is 33.7 Å². The highest BCUT2D eigenvalue weighted by Crippen LogP contribution is 2.33. The average Bonchev–Trinajstić information content (AvgIpc) is 2.74. The van der Waals surface area contributed by atoms with Gasteiger partial charge in [-0.25, -0.2) is 4.79 Å². The van der Waals surface area contributed by atoms with Crippen LogP contribution in [0.25, 0.3) is 10.9 Å². The normalized spacial score (nSPS) is 10.9. The fraction of sp³-hybridized carbons (Fsp3) is 0.308. The van der Waals surface area contributed by atoms with Crippen LogP contribution in [0.3, 0.4) is 0 Å². The fourth-order valence-electron chi connectivity index (χ4n) is 2.03. The molecule has 102 valence electrons. The van der Waals surface area contributed by atoms with Crippen LogP contribution in [0.4, 0.5) is 0 Å². The zero-order valence-electron chi connectivity index (χ0n) is 10.5. The maximum Gasteiger partial charge on any atom is 0.354 e. The maximum atomic E-state index is 11.9. The highest BCUT2D eigenvalue weighted by atomic mass is 35.5. The van der Waals surface area contributed by atoms with Crippen LogP contribution in [0.5, 0.6) is 0 Å². The van der Waals surface area contributed by atoms with Gasteiger partial charge in [0.2, 0.25) is 0 Å². The fourth-order valence-corrected chi connectivity index (χ4v) is 2.45. The van der Waals surface area contributed by atoms with Crippen molar-refractivity contribution in [3.05, 3.63) is 33.9 Å². The van der Waals surface area contributed by atoms with Crippen molar-refractivity contribution in [1.29, 1.82) is 0 Å². The number of carbonyl (C=O) groups excluding carboxylic acids is 1. The van der Waals surface area contributed by atoms with E-state index in [1.54, 1.807) is 23.6 Å². The van der Waals surface area contributed by atoms with Crippen LogP contribution in [0.2, 0.25) is 10.0 Å². The zero-order valence-corrected chi connectivity index (χ0v) is 12.0. The summed E-state index contributed by atoms with van der Waals surface area (Å²) >= 11 is 12.2. The Balaban J connectivity index is 2.67. The van der Waals surface area contributed by atoms with Gasteiger partial charge in [0.15, 0.2) is 0 Å². The smallest absolute Gasteiger partial charge is 0.354 e. The number of ether oxygens (including phenoxy) is 1. The number of nitrogens with zero attached hydrogens (tertiary/aromatic N) is 1. The van der Waals surface area contributed by atoms with Gasteiger partial charge in [-0.05, 0) is 19.1 Å². The van der Waals surface area contributed by atoms with Gasteiger partial charge in [0.25, 0.3) is 0 Å². The zero-order chi connectivity index (χ0) is 14.0. The molecule has 1 heterocycles. The van der Waals surface area contributed by atoms with E-state index in [9.17, 15) is 4.79 Å². The lowest BCUT2D eigenvalue weighted by Crippen LogP contribution is -2.16. The Morgan fingerprint density at radius 3 is 2.79 bits per heavy atom. The van der Waals surface area contributed by atoms with Crippen molar-refractivity contribution < 1.29 is 9.53 Å². The van der Waals surface area contributed by atoms with E-state index in [2.05, 4.69) is 0 Å². The third kappa shape index (κ3) is 2.56. The predicted octanol–water partition coefficient (Wildman–Crippen LogP) is 3.08. The van der Waals surface area contributed by atoms with Gasteiger partial charge < -0.3 is 15.0 Å². The first-order valence-corrected chi connectivity index (χ1v) is 6.70. The molecule has 0 bridgehead atoms. The van der Waals surface area contributed by atoms with Crippen LogP contribution in [0, 0.1) is 0 Å². The summed E-state index contributed by atoms with van der Waals surface area (Å²) in [6.07, 6.45) is 0. The van der Waals surface area contributed by atoms with E-state index >= 15 is 0 Å². The number of carbonyl (C=O) groups is 1. The molecule has 1 aromatic heterocycles. The molecule has 0 fully saturated rings. The van der Waals surface area contributed by atoms with Crippen LogP contribution in [-0.2, 0) is 11.3 Å². The Kier molecular flexibility index (Phi) is 4.34. The number of rotatable bonds is 4. The molecule has 6 heteroatoms. The minimum atomic E-state index is -0.390. The molecule has 0 amide bonds. The Bertz CT molecular complexity index is 623. The van der Waals surface area contributed by atoms with Crippen LogP contribution in [0.1, 0.15) is 17.4 Å². The highest BCUT2D eigenvalue weighted by molar-refractivity contribution is 6.45. The van der Waals surface area contributed by atoms with E-state index in [1.807, 2.05) is 6.07 Å². The first kappa shape index (κ1) is 14.2. The Hall–Kier alpha value is -1.23. The van der Waals surface area contributed by atoms with Gasteiger partial charge in [-0.15, -0.1) is 0 Å². The monoisotopic (exact) mass is 300 g/mol. The third-order valence-corrected chi connectivity index (χ3v) is 3.58. The molecule has 0 aliphatic rings. The Morgan fingerprint density at radius 1 is 1.42 bits per heavy atom. The second-order valence-electron chi connectivity index (χ2n) is 3.99. The van der Waals surface area contributed by atoms with Gasteiger partial charge in [-0.3, -0.25) is 0 Å². The van der Waals surface area contributed by atoms with Gasteiger partial charge in [0.05, 0.1) is 22.2 Å². The van der Waals surface area contributed by atoms with E-state index in [0.29, 0.717) is 41.0 Å². The maximum absolute atomic E-state index is 11.9. The summed E-state index contributed by atoms with van der Waals surface area (Å²) in [5.41, 5.74) is 6.74. The van der Waals surface area contributed by atoms with Crippen molar-refractivity contribution in [3.63, 3.8) is 0 Å². The second kappa shape index (κ2) is 5.82. The first-order chi connectivity index (χ1) is 9.10. The van der Waals surface area contributed by atoms with E-state index in [0.717, 1.165) is 5.39 Å². The van der Waals surface area contributed by atoms with E-state index < -0.39 is 0 Å². The number of nitrogens with two attached hydrogens (primary N) is 1. The van der Waals surface area contributed by atoms with Crippen LogP contribution >= 0.6 is 23.2 Å². The molecule has 0 unspecified atom stereocenters. The van der Waals surface area contributed by atoms with Gasteiger partial charge in [0, 0.05) is 18.5 Å². The number of esters is 1. The lowest BCUT2D eigenvalue weighted by molar-refractivity contribution is 0.0514. The molecule has 0 saturated carbocycles. The molecule has 0 spiro atoms. The van der Waals surface area contributed by atoms with Gasteiger partial charge >= 0.3 is 5.97 Å². The Labute approximate surface area is 121 Å². The second-order valence-corrected chi connectivity index (χ2v) is 4.77. The lowest BCUT2D eigenvalue weighted by atomic mass is 10.2. The molecule has 0 aliphatic heterocycles. The Morgan fingerprint density at radius 2 is 2.16 bits per heavy atom. The van der Waals surface area contributed by atoms with Gasteiger partial charge in [-0.1, -0.05) is 29.3 Å². The number of hydrogen-bond acceptors (Lipinski definition) is 3. The molecule has 0 atom stereocenters. The molecule has 2 rings (SSSR count). The molecular formula is C13H14Cl2N2O2. The summed E-state index contributed by atoms with van der Waals surface area (Å²) in [5.74, 6) is -0.390. The predicted molar refractivity (Wildman–Crippen MR) is 77.0 cm³/mol. The molecule has 19 heavy (non-hydrogen) atoms. The van der Waals surface area contributed by atoms with E-state index in [1.165, 1.54) is 0 Å². The molecule has 2 aromatic rings. The quantitative estimate of drug-likeness (QED) is 0.883. The molecule has 4 nitrogen and oxygen atoms in total. The third-order valence-electron chi connectivity index (χ3n) is 2.79. The van der Waals surface area contributed by atoms with Crippen molar-refractivity contribution in [3.8, 4) is 0 Å². The number of benzene rings is 1. The van der Waals surface area contributed by atoms with Gasteiger partial charge in [-0.2, -0.15) is 0 Å². The van der Waals surface area contributed by atoms with Crippen LogP contribution < -0.4 is 5.73 Å². The molecule has 0 saturated heterocycles. The molecule has 2 N–H and O–H groups in total. The molecule has 0 aliphatic carbocycles. The number of fused-ring (bicyclic) bond motifs is 1. The highest BCUT2D eigenvalue weighted by Gasteiger charge is 2.19. The van der Waals surface area contributed by atoms with Crippen molar-refractivity contribution in [2.45, 2.75) is 13.5 Å². The summed E-state index contributed by atoms with van der Waals surface area (Å²) in [7, 11) is 0. The number of halogens is 2. The van der Waals surface area contributed by atoms with E-state index in [-0.39, 0.29) is 5.97 Å². The number of aromatic nitrogens is 1. The summed E-state index contributed by atoms with van der Waals surface area (Å²) in [6, 6.07) is 5.26. The summed E-state index contributed by atoms with van der Waals surface area (Å²) < 4.78 is 6.79. The molecule has 1 aromatic carbocycles. The van der Waals surface area contributed by atoms with Crippen molar-refractivity contribution in [2.75, 3.05) is 13.2 Å². The van der Waals surface area contributed by atoms with Crippen molar-refractivity contribution in [2.24, 2.45) is 5.73 Å². The molecule has 0 radical (unpaired) electrons. The number of hydrogen-bond donors (Lipinski definition) is 1. The summed E-state index contributed by atoms with van der Waals surface area (Å²) in [6.45, 7) is 2.94. The van der Waals surface area contributed by atoms with Crippen molar-refractivity contribution in [1.82, 2.24) is 4.57 Å². The summed E-state index contributed by atoms with van der Waals surface area (Å²) in [4.78, 5) is 11.9. The minimum Gasteiger partial charge on any atom is -0.461 e. The summed E-state index contributed by atoms with van der Waals surface area (Å²) in [5, 5.41) is 1.70. The van der Waals surface area contributed by atoms with Crippen LogP contribution in [0.15, 0.2) is 18.2 Å². The molecular weight excluding hydrogens is 287 g/mol. The largest absolute Gasteiger partial charge is 0.461 e. The van der Waals surface area contributed by atoms with Crippen LogP contribution in [-0.4, -0.2) is 23.7 Å². The SMILES string of the molecule is CCOC(=O)c1cc2ccc(Cl)c(Cl)c2n1CCN. The minimum absolute atomic E-state index is 0.317. The van der Waals surface area contributed by atoms with Gasteiger partial charge in [0.1, 0.15) is 5.69 Å². The average molecular weight is 301 g/mol. The topological polar surface area (TPSA) is 57.2 Å². The first-order valence-electron chi connectivity index (χ1n) is 5.94. The lowest BCUT2D eigenvalue weighted by Gasteiger charge is -2.10.